The number of hydrogen-bond donors (Lipinski definition) is 1. The van der Waals surface area contributed by atoms with Gasteiger partial charge >= 0.3 is 0 Å². The van der Waals surface area contributed by atoms with Crippen molar-refractivity contribution in [3.63, 3.8) is 0 Å². The molecular formula is C16H20O. The van der Waals surface area contributed by atoms with Gasteiger partial charge in [0.1, 0.15) is 0 Å². The van der Waals surface area contributed by atoms with Gasteiger partial charge in [0.25, 0.3) is 0 Å². The zero-order valence-corrected chi connectivity index (χ0v) is 10.8. The third-order valence-corrected chi connectivity index (χ3v) is 2.20. The lowest BCUT2D eigenvalue weighted by atomic mass is 9.96. The van der Waals surface area contributed by atoms with Crippen LogP contribution in [0, 0.1) is 17.3 Å². The van der Waals surface area contributed by atoms with Crippen molar-refractivity contribution in [1.82, 2.24) is 0 Å². The maximum atomic E-state index is 8.71. The summed E-state index contributed by atoms with van der Waals surface area (Å²) in [5.41, 5.74) is 2.30. The predicted octanol–water partition coefficient (Wildman–Crippen LogP) is 3.18. The molecule has 0 atom stereocenters. The quantitative estimate of drug-likeness (QED) is 0.622. The van der Waals surface area contributed by atoms with E-state index in [-0.39, 0.29) is 12.0 Å². The third-order valence-electron chi connectivity index (χ3n) is 2.20. The minimum absolute atomic E-state index is 0.0219. The highest BCUT2D eigenvalue weighted by Crippen LogP contribution is 2.13. The van der Waals surface area contributed by atoms with Crippen molar-refractivity contribution in [3.05, 3.63) is 47.5 Å². The summed E-state index contributed by atoms with van der Waals surface area (Å²) in [6.07, 6.45) is 4.54. The van der Waals surface area contributed by atoms with Crippen molar-refractivity contribution in [1.29, 1.82) is 0 Å². The lowest BCUT2D eigenvalue weighted by Crippen LogP contribution is -1.99. The van der Waals surface area contributed by atoms with Crippen molar-refractivity contribution in [2.75, 3.05) is 6.61 Å². The summed E-state index contributed by atoms with van der Waals surface area (Å²) >= 11 is 0. The van der Waals surface area contributed by atoms with Gasteiger partial charge in [-0.1, -0.05) is 42.2 Å². The molecule has 0 aliphatic rings. The highest BCUT2D eigenvalue weighted by Gasteiger charge is 2.04. The first kappa shape index (κ1) is 13.5. The van der Waals surface area contributed by atoms with Crippen molar-refractivity contribution < 1.29 is 5.11 Å². The van der Waals surface area contributed by atoms with Crippen molar-refractivity contribution in [3.8, 4) is 11.8 Å². The summed E-state index contributed by atoms with van der Waals surface area (Å²) in [5.74, 6) is 6.48. The van der Waals surface area contributed by atoms with Crippen LogP contribution in [0.1, 0.15) is 31.9 Å². The van der Waals surface area contributed by atoms with E-state index in [0.29, 0.717) is 0 Å². The Labute approximate surface area is 104 Å². The number of benzene rings is 1. The number of hydrogen-bond acceptors (Lipinski definition) is 1. The minimum atomic E-state index is 0.0219. The molecule has 0 amide bonds. The second-order valence-electron chi connectivity index (χ2n) is 5.02. The molecule has 0 spiro atoms. The molecule has 0 radical (unpaired) electrons. The number of rotatable bonds is 3. The third kappa shape index (κ3) is 5.38. The smallest absolute Gasteiger partial charge is 0.0612 e. The van der Waals surface area contributed by atoms with Crippen molar-refractivity contribution in [2.24, 2.45) is 5.41 Å². The van der Waals surface area contributed by atoms with Crippen LogP contribution in [-0.2, 0) is 6.42 Å². The standard InChI is InChI=1S/C16H20O/c1-16(2,3)12-11-15-9-5-4-8-14(15)10-6-7-13-17/h4-9,17H,10,13H2,1-3H3/b7-6+. The van der Waals surface area contributed by atoms with Crippen molar-refractivity contribution in [2.45, 2.75) is 27.2 Å². The van der Waals surface area contributed by atoms with Crippen LogP contribution in [0.25, 0.3) is 0 Å². The average Bonchev–Trinajstić information content (AvgIpc) is 2.27. The van der Waals surface area contributed by atoms with Crippen LogP contribution in [-0.4, -0.2) is 11.7 Å². The van der Waals surface area contributed by atoms with Crippen LogP contribution in [0.15, 0.2) is 36.4 Å². The van der Waals surface area contributed by atoms with Gasteiger partial charge in [0, 0.05) is 11.0 Å². The molecule has 0 aliphatic heterocycles. The summed E-state index contributed by atoms with van der Waals surface area (Å²) in [4.78, 5) is 0. The van der Waals surface area contributed by atoms with E-state index in [1.165, 1.54) is 5.56 Å². The van der Waals surface area contributed by atoms with E-state index >= 15 is 0 Å². The van der Waals surface area contributed by atoms with Gasteiger partial charge in [-0.3, -0.25) is 0 Å². The molecule has 90 valence electrons. The van der Waals surface area contributed by atoms with Gasteiger partial charge in [-0.25, -0.2) is 0 Å². The maximum absolute atomic E-state index is 8.71. The van der Waals surface area contributed by atoms with Gasteiger partial charge in [0.05, 0.1) is 6.61 Å². The van der Waals surface area contributed by atoms with Crippen LogP contribution in [0.5, 0.6) is 0 Å². The lowest BCUT2D eigenvalue weighted by Gasteiger charge is -2.07. The van der Waals surface area contributed by atoms with E-state index in [0.717, 1.165) is 12.0 Å². The van der Waals surface area contributed by atoms with Gasteiger partial charge < -0.3 is 5.11 Å². The molecule has 1 rings (SSSR count). The summed E-state index contributed by atoms with van der Waals surface area (Å²) in [5, 5.41) is 8.71. The van der Waals surface area contributed by atoms with Gasteiger partial charge in [0.2, 0.25) is 0 Å². The Morgan fingerprint density at radius 3 is 2.53 bits per heavy atom. The monoisotopic (exact) mass is 228 g/mol. The summed E-state index contributed by atoms with van der Waals surface area (Å²) in [7, 11) is 0. The molecule has 1 nitrogen and oxygen atoms in total. The fourth-order valence-electron chi connectivity index (χ4n) is 1.36. The second-order valence-corrected chi connectivity index (χ2v) is 5.02. The Morgan fingerprint density at radius 1 is 1.18 bits per heavy atom. The topological polar surface area (TPSA) is 20.2 Å². The van der Waals surface area contributed by atoms with Crippen LogP contribution in [0.4, 0.5) is 0 Å². The number of aliphatic hydroxyl groups excluding tert-OH is 1. The first-order valence-electron chi connectivity index (χ1n) is 5.90. The van der Waals surface area contributed by atoms with E-state index in [9.17, 15) is 0 Å². The minimum Gasteiger partial charge on any atom is -0.392 e. The fraction of sp³-hybridized carbons (Fsp3) is 0.375. The van der Waals surface area contributed by atoms with Gasteiger partial charge in [-0.2, -0.15) is 0 Å². The Morgan fingerprint density at radius 2 is 1.88 bits per heavy atom. The van der Waals surface area contributed by atoms with Crippen LogP contribution < -0.4 is 0 Å². The molecule has 0 fully saturated rings. The Balaban J connectivity index is 2.91. The van der Waals surface area contributed by atoms with E-state index in [4.69, 9.17) is 5.11 Å². The highest BCUT2D eigenvalue weighted by molar-refractivity contribution is 5.42. The molecule has 0 heterocycles. The molecule has 0 aliphatic carbocycles. The first-order valence-corrected chi connectivity index (χ1v) is 5.90. The molecule has 1 heteroatoms. The highest BCUT2D eigenvalue weighted by atomic mass is 16.2. The molecule has 0 bridgehead atoms. The van der Waals surface area contributed by atoms with E-state index in [1.54, 1.807) is 6.08 Å². The lowest BCUT2D eigenvalue weighted by molar-refractivity contribution is 0.342. The SMILES string of the molecule is CC(C)(C)C#Cc1ccccc1C/C=C/CO. The van der Waals surface area contributed by atoms with Gasteiger partial charge in [0.15, 0.2) is 0 Å². The Hall–Kier alpha value is -1.52. The summed E-state index contributed by atoms with van der Waals surface area (Å²) in [6.45, 7) is 6.41. The largest absolute Gasteiger partial charge is 0.392 e. The van der Waals surface area contributed by atoms with Gasteiger partial charge in [-0.15, -0.1) is 0 Å². The molecular weight excluding hydrogens is 208 g/mol. The van der Waals surface area contributed by atoms with Crippen LogP contribution >= 0.6 is 0 Å². The molecule has 0 aromatic heterocycles. The zero-order chi connectivity index (χ0) is 12.7. The second kappa shape index (κ2) is 6.27. The average molecular weight is 228 g/mol. The van der Waals surface area contributed by atoms with E-state index in [1.807, 2.05) is 24.3 Å². The molecule has 0 unspecified atom stereocenters. The van der Waals surface area contributed by atoms with Gasteiger partial charge in [-0.05, 0) is 38.8 Å². The van der Waals surface area contributed by atoms with E-state index in [2.05, 4.69) is 38.7 Å². The summed E-state index contributed by atoms with van der Waals surface area (Å²) < 4.78 is 0. The Kier molecular flexibility index (Phi) is 5.00. The molecule has 1 N–H and O–H groups in total. The molecule has 17 heavy (non-hydrogen) atoms. The number of aliphatic hydroxyl groups is 1. The van der Waals surface area contributed by atoms with Crippen molar-refractivity contribution >= 4 is 0 Å². The normalized spacial score (nSPS) is 11.3. The number of allylic oxidation sites excluding steroid dienone is 1. The maximum Gasteiger partial charge on any atom is 0.0612 e. The molecule has 1 aromatic carbocycles. The first-order chi connectivity index (χ1) is 8.03. The predicted molar refractivity (Wildman–Crippen MR) is 72.7 cm³/mol. The molecule has 0 saturated heterocycles. The molecule has 1 aromatic rings. The van der Waals surface area contributed by atoms with E-state index < -0.39 is 0 Å². The fourth-order valence-corrected chi connectivity index (χ4v) is 1.36. The Bertz CT molecular complexity index is 439. The summed E-state index contributed by atoms with van der Waals surface area (Å²) in [6, 6.07) is 8.14. The zero-order valence-electron chi connectivity index (χ0n) is 10.8. The van der Waals surface area contributed by atoms with Crippen LogP contribution in [0.3, 0.4) is 0 Å². The molecule has 0 saturated carbocycles. The van der Waals surface area contributed by atoms with Crippen LogP contribution in [0.2, 0.25) is 0 Å².